The number of carbonyl (C=O) groups is 3. The first-order valence-electron chi connectivity index (χ1n) is 5.92. The third kappa shape index (κ3) is 2.04. The van der Waals surface area contributed by atoms with Gasteiger partial charge in [-0.05, 0) is 23.9 Å². The second-order valence-corrected chi connectivity index (χ2v) is 5.36. The Kier molecular flexibility index (Phi) is 2.94. The lowest BCUT2D eigenvalue weighted by Crippen LogP contribution is -2.17. The number of para-hydroxylation sites is 1. The predicted molar refractivity (Wildman–Crippen MR) is 77.3 cm³/mol. The third-order valence-corrected chi connectivity index (χ3v) is 3.82. The number of nitrogens with one attached hydrogen (secondary N) is 1. The van der Waals surface area contributed by atoms with Crippen molar-refractivity contribution in [3.8, 4) is 0 Å². The molecule has 1 aromatic carbocycles. The van der Waals surface area contributed by atoms with Crippen LogP contribution in [0.3, 0.4) is 0 Å². The van der Waals surface area contributed by atoms with Gasteiger partial charge in [-0.2, -0.15) is 0 Å². The van der Waals surface area contributed by atoms with E-state index in [1.165, 1.54) is 11.5 Å². The highest BCUT2D eigenvalue weighted by Crippen LogP contribution is 2.29. The molecule has 0 radical (unpaired) electrons. The number of fused-ring (bicyclic) bond motifs is 1. The summed E-state index contributed by atoms with van der Waals surface area (Å²) in [5.41, 5.74) is 1.52. The molecule has 1 N–H and O–H groups in total. The lowest BCUT2D eigenvalue weighted by Gasteiger charge is -1.96. The van der Waals surface area contributed by atoms with E-state index in [4.69, 9.17) is 0 Å². The topological polar surface area (TPSA) is 68.2 Å². The standard InChI is InChI=1S/C14H10N2O3S/c1-8(17)16-7-9(10-4-2-3-5-11(10)16)6-12-13(18)15-14(19)20-12/h2-7H,1H3,(H,15,18,19)/b12-6-. The Morgan fingerprint density at radius 2 is 2.05 bits per heavy atom. The molecule has 3 rings (SSSR count). The van der Waals surface area contributed by atoms with Crippen LogP contribution in [0.5, 0.6) is 0 Å². The van der Waals surface area contributed by atoms with Crippen LogP contribution in [0, 0.1) is 0 Å². The molecule has 0 bridgehead atoms. The molecule has 5 nitrogen and oxygen atoms in total. The zero-order chi connectivity index (χ0) is 14.3. The number of carbonyl (C=O) groups excluding carboxylic acids is 3. The van der Waals surface area contributed by atoms with Gasteiger partial charge in [0.25, 0.3) is 11.1 Å². The average Bonchev–Trinajstić information content (AvgIpc) is 2.92. The van der Waals surface area contributed by atoms with Crippen LogP contribution in [-0.2, 0) is 4.79 Å². The molecule has 1 saturated heterocycles. The fraction of sp³-hybridized carbons (Fsp3) is 0.0714. The molecule has 20 heavy (non-hydrogen) atoms. The number of hydrogen-bond donors (Lipinski definition) is 1. The number of benzene rings is 1. The molecule has 1 fully saturated rings. The van der Waals surface area contributed by atoms with Crippen LogP contribution < -0.4 is 5.32 Å². The number of amides is 2. The van der Waals surface area contributed by atoms with Crippen molar-refractivity contribution in [3.63, 3.8) is 0 Å². The minimum Gasteiger partial charge on any atom is -0.287 e. The number of nitrogens with zero attached hydrogens (tertiary/aromatic N) is 1. The summed E-state index contributed by atoms with van der Waals surface area (Å²) in [4.78, 5) is 34.7. The first kappa shape index (κ1) is 12.7. The van der Waals surface area contributed by atoms with Gasteiger partial charge in [0.1, 0.15) is 0 Å². The second-order valence-electron chi connectivity index (χ2n) is 4.34. The summed E-state index contributed by atoms with van der Waals surface area (Å²) in [6.07, 6.45) is 3.31. The lowest BCUT2D eigenvalue weighted by molar-refractivity contribution is -0.115. The van der Waals surface area contributed by atoms with Gasteiger partial charge in [-0.15, -0.1) is 0 Å². The number of rotatable bonds is 1. The molecule has 0 spiro atoms. The molecule has 2 aromatic rings. The van der Waals surface area contributed by atoms with Gasteiger partial charge in [-0.25, -0.2) is 0 Å². The van der Waals surface area contributed by atoms with Crippen LogP contribution in [0.1, 0.15) is 17.3 Å². The second kappa shape index (κ2) is 4.64. The minimum atomic E-state index is -0.403. The number of thioether (sulfide) groups is 1. The van der Waals surface area contributed by atoms with E-state index in [1.54, 1.807) is 12.3 Å². The summed E-state index contributed by atoms with van der Waals surface area (Å²) in [6, 6.07) is 7.42. The van der Waals surface area contributed by atoms with Gasteiger partial charge in [-0.3, -0.25) is 24.3 Å². The molecule has 6 heteroatoms. The van der Waals surface area contributed by atoms with Crippen LogP contribution in [0.15, 0.2) is 35.4 Å². The van der Waals surface area contributed by atoms with Gasteiger partial charge in [-0.1, -0.05) is 18.2 Å². The molecule has 0 aliphatic carbocycles. The van der Waals surface area contributed by atoms with E-state index < -0.39 is 5.91 Å². The molecule has 100 valence electrons. The van der Waals surface area contributed by atoms with Crippen molar-refractivity contribution in [3.05, 3.63) is 40.9 Å². The average molecular weight is 286 g/mol. The SMILES string of the molecule is CC(=O)n1cc(/C=C2\SC(=O)NC2=O)c2ccccc21. The number of imide groups is 1. The molecular formula is C14H10N2O3S. The Labute approximate surface area is 118 Å². The van der Waals surface area contributed by atoms with E-state index in [0.29, 0.717) is 4.91 Å². The van der Waals surface area contributed by atoms with E-state index in [0.717, 1.165) is 28.2 Å². The minimum absolute atomic E-state index is 0.106. The van der Waals surface area contributed by atoms with E-state index in [9.17, 15) is 14.4 Å². The summed E-state index contributed by atoms with van der Waals surface area (Å²) in [5, 5.41) is 2.69. The van der Waals surface area contributed by atoms with Crippen molar-refractivity contribution in [1.82, 2.24) is 9.88 Å². The van der Waals surface area contributed by atoms with Gasteiger partial charge >= 0.3 is 0 Å². The van der Waals surface area contributed by atoms with E-state index >= 15 is 0 Å². The van der Waals surface area contributed by atoms with Gasteiger partial charge < -0.3 is 0 Å². The normalized spacial score (nSPS) is 16.9. The van der Waals surface area contributed by atoms with Gasteiger partial charge in [0.15, 0.2) is 0 Å². The van der Waals surface area contributed by atoms with Gasteiger partial charge in [0, 0.05) is 24.1 Å². The Morgan fingerprint density at radius 1 is 1.30 bits per heavy atom. The van der Waals surface area contributed by atoms with E-state index in [-0.39, 0.29) is 11.1 Å². The summed E-state index contributed by atoms with van der Waals surface area (Å²) < 4.78 is 1.53. The molecule has 0 saturated carbocycles. The Bertz CT molecular complexity index is 789. The highest BCUT2D eigenvalue weighted by Gasteiger charge is 2.25. The van der Waals surface area contributed by atoms with Crippen LogP contribution in [0.25, 0.3) is 17.0 Å². The molecule has 1 aromatic heterocycles. The fourth-order valence-corrected chi connectivity index (χ4v) is 2.82. The predicted octanol–water partition coefficient (Wildman–Crippen LogP) is 2.63. The van der Waals surface area contributed by atoms with Gasteiger partial charge in [0.05, 0.1) is 10.4 Å². The Balaban J connectivity index is 2.18. The highest BCUT2D eigenvalue weighted by molar-refractivity contribution is 8.18. The van der Waals surface area contributed by atoms with E-state index in [2.05, 4.69) is 5.32 Å². The largest absolute Gasteiger partial charge is 0.290 e. The highest BCUT2D eigenvalue weighted by atomic mass is 32.2. The van der Waals surface area contributed by atoms with Crippen molar-refractivity contribution >= 4 is 45.8 Å². The summed E-state index contributed by atoms with van der Waals surface area (Å²) >= 11 is 0.862. The molecule has 2 heterocycles. The quantitative estimate of drug-likeness (QED) is 0.818. The summed E-state index contributed by atoms with van der Waals surface area (Å²) in [7, 11) is 0. The molecule has 1 aliphatic rings. The molecule has 2 amide bonds. The monoisotopic (exact) mass is 286 g/mol. The lowest BCUT2D eigenvalue weighted by atomic mass is 10.1. The fourth-order valence-electron chi connectivity index (χ4n) is 2.14. The van der Waals surface area contributed by atoms with Crippen molar-refractivity contribution < 1.29 is 14.4 Å². The third-order valence-electron chi connectivity index (χ3n) is 3.01. The van der Waals surface area contributed by atoms with E-state index in [1.807, 2.05) is 24.3 Å². The maximum Gasteiger partial charge on any atom is 0.290 e. The molecular weight excluding hydrogens is 276 g/mol. The molecule has 0 unspecified atom stereocenters. The van der Waals surface area contributed by atoms with Crippen molar-refractivity contribution in [2.45, 2.75) is 6.92 Å². The number of hydrogen-bond acceptors (Lipinski definition) is 4. The maximum absolute atomic E-state index is 11.6. The smallest absolute Gasteiger partial charge is 0.287 e. The number of aromatic nitrogens is 1. The van der Waals surface area contributed by atoms with Crippen molar-refractivity contribution in [2.75, 3.05) is 0 Å². The van der Waals surface area contributed by atoms with Crippen LogP contribution >= 0.6 is 11.8 Å². The summed E-state index contributed by atoms with van der Waals surface area (Å²) in [6.45, 7) is 1.48. The Morgan fingerprint density at radius 3 is 2.70 bits per heavy atom. The zero-order valence-electron chi connectivity index (χ0n) is 10.5. The van der Waals surface area contributed by atoms with Crippen molar-refractivity contribution in [1.29, 1.82) is 0 Å². The van der Waals surface area contributed by atoms with Crippen LogP contribution in [-0.4, -0.2) is 21.6 Å². The van der Waals surface area contributed by atoms with Gasteiger partial charge in [0.2, 0.25) is 5.91 Å². The molecule has 1 aliphatic heterocycles. The van der Waals surface area contributed by atoms with Crippen LogP contribution in [0.4, 0.5) is 4.79 Å². The van der Waals surface area contributed by atoms with Crippen LogP contribution in [0.2, 0.25) is 0 Å². The zero-order valence-corrected chi connectivity index (χ0v) is 11.4. The summed E-state index contributed by atoms with van der Waals surface area (Å²) in [5.74, 6) is -0.509. The maximum atomic E-state index is 11.6. The van der Waals surface area contributed by atoms with Crippen molar-refractivity contribution in [2.24, 2.45) is 0 Å². The first-order valence-corrected chi connectivity index (χ1v) is 6.74. The molecule has 0 atom stereocenters. The Hall–Kier alpha value is -2.34. The first-order chi connectivity index (χ1) is 9.56.